The van der Waals surface area contributed by atoms with Crippen molar-refractivity contribution in [2.24, 2.45) is 10.2 Å². The highest BCUT2D eigenvalue weighted by Gasteiger charge is 2.14. The molecule has 0 radical (unpaired) electrons. The zero-order valence-corrected chi connectivity index (χ0v) is 18.9. The molecule has 0 unspecified atom stereocenters. The number of hydrogen-bond acceptors (Lipinski definition) is 7. The molecule has 9 nitrogen and oxygen atoms in total. The molecule has 1 heterocycles. The van der Waals surface area contributed by atoms with E-state index in [1.807, 2.05) is 0 Å². The molecule has 172 valence electrons. The van der Waals surface area contributed by atoms with E-state index in [4.69, 9.17) is 4.74 Å². The average molecular weight is 457 g/mol. The van der Waals surface area contributed by atoms with E-state index < -0.39 is 5.97 Å². The van der Waals surface area contributed by atoms with Gasteiger partial charge in [-0.1, -0.05) is 36.4 Å². The maximum absolute atomic E-state index is 12.3. The second kappa shape index (κ2) is 11.3. The fraction of sp³-hybridized carbons (Fsp3) is 0.120. The maximum atomic E-state index is 12.3. The van der Waals surface area contributed by atoms with E-state index in [2.05, 4.69) is 26.0 Å². The lowest BCUT2D eigenvalue weighted by Crippen LogP contribution is -2.21. The largest absolute Gasteiger partial charge is 0.465 e. The Morgan fingerprint density at radius 2 is 1.12 bits per heavy atom. The van der Waals surface area contributed by atoms with E-state index in [0.29, 0.717) is 33.9 Å². The third-order valence-electron chi connectivity index (χ3n) is 4.71. The van der Waals surface area contributed by atoms with E-state index in [1.165, 1.54) is 19.2 Å². The summed E-state index contributed by atoms with van der Waals surface area (Å²) in [4.78, 5) is 41.2. The van der Waals surface area contributed by atoms with Crippen LogP contribution in [0, 0.1) is 0 Å². The Balaban J connectivity index is 1.86. The smallest absolute Gasteiger partial charge is 0.338 e. The molecular weight excluding hydrogens is 434 g/mol. The summed E-state index contributed by atoms with van der Waals surface area (Å²) in [5, 5.41) is 8.21. The molecule has 0 aliphatic carbocycles. The molecule has 0 aliphatic heterocycles. The van der Waals surface area contributed by atoms with Gasteiger partial charge in [0.2, 0.25) is 0 Å². The number of aromatic nitrogens is 1. The Bertz CT molecular complexity index is 1170. The van der Waals surface area contributed by atoms with Crippen molar-refractivity contribution in [2.75, 3.05) is 7.11 Å². The summed E-state index contributed by atoms with van der Waals surface area (Å²) in [5.74, 6) is -1.34. The van der Waals surface area contributed by atoms with Gasteiger partial charge in [0, 0.05) is 11.1 Å². The van der Waals surface area contributed by atoms with Gasteiger partial charge in [-0.3, -0.25) is 9.59 Å². The topological polar surface area (TPSA) is 122 Å². The molecule has 0 atom stereocenters. The summed E-state index contributed by atoms with van der Waals surface area (Å²) < 4.78 is 4.83. The standard InChI is InChI=1S/C25H23N5O4/c1-16(27-29-23(31)18-10-6-4-7-11-18)21-14-20(25(33)34-3)15-22(26-21)17(2)28-30-24(32)19-12-8-5-9-13-19/h4-15H,1-3H3,(H,29,31)(H,30,32)/b27-16+,28-17+. The van der Waals surface area contributed by atoms with Crippen LogP contribution < -0.4 is 10.9 Å². The lowest BCUT2D eigenvalue weighted by atomic mass is 10.1. The Hall–Kier alpha value is -4.66. The Morgan fingerprint density at radius 1 is 0.706 bits per heavy atom. The average Bonchev–Trinajstić information content (AvgIpc) is 2.90. The number of pyridine rings is 1. The van der Waals surface area contributed by atoms with Crippen LogP contribution in [0.3, 0.4) is 0 Å². The predicted octanol–water partition coefficient (Wildman–Crippen LogP) is 3.18. The van der Waals surface area contributed by atoms with Gasteiger partial charge in [-0.25, -0.2) is 20.6 Å². The predicted molar refractivity (Wildman–Crippen MR) is 128 cm³/mol. The van der Waals surface area contributed by atoms with Crippen LogP contribution in [0.15, 0.2) is 83.0 Å². The number of nitrogens with zero attached hydrogens (tertiary/aromatic N) is 3. The number of hydrogen-bond donors (Lipinski definition) is 2. The fourth-order valence-corrected chi connectivity index (χ4v) is 2.83. The number of benzene rings is 2. The Kier molecular flexibility index (Phi) is 7.96. The van der Waals surface area contributed by atoms with Crippen molar-refractivity contribution in [1.29, 1.82) is 0 Å². The van der Waals surface area contributed by atoms with Crippen molar-refractivity contribution in [3.63, 3.8) is 0 Å². The highest BCUT2D eigenvalue weighted by molar-refractivity contribution is 6.05. The molecule has 2 N–H and O–H groups in total. The minimum atomic E-state index is -0.577. The number of ether oxygens (including phenoxy) is 1. The van der Waals surface area contributed by atoms with Crippen molar-refractivity contribution >= 4 is 29.2 Å². The molecule has 34 heavy (non-hydrogen) atoms. The van der Waals surface area contributed by atoms with Gasteiger partial charge in [0.05, 0.1) is 35.5 Å². The molecule has 0 spiro atoms. The van der Waals surface area contributed by atoms with Crippen LogP contribution in [0.2, 0.25) is 0 Å². The normalized spacial score (nSPS) is 11.5. The molecule has 9 heteroatoms. The van der Waals surface area contributed by atoms with Crippen LogP contribution in [0.25, 0.3) is 0 Å². The van der Waals surface area contributed by atoms with Crippen LogP contribution >= 0.6 is 0 Å². The van der Waals surface area contributed by atoms with Crippen molar-refractivity contribution in [2.45, 2.75) is 13.8 Å². The SMILES string of the molecule is COC(=O)c1cc(/C(C)=N/NC(=O)c2ccccc2)nc(/C(C)=N/NC(=O)c2ccccc2)c1. The van der Waals surface area contributed by atoms with E-state index >= 15 is 0 Å². The van der Waals surface area contributed by atoms with Gasteiger partial charge in [-0.2, -0.15) is 10.2 Å². The zero-order valence-electron chi connectivity index (χ0n) is 18.9. The Labute approximate surface area is 196 Å². The molecule has 0 bridgehead atoms. The number of esters is 1. The van der Waals surface area contributed by atoms with E-state index in [-0.39, 0.29) is 17.4 Å². The summed E-state index contributed by atoms with van der Waals surface area (Å²) in [5.41, 5.74) is 7.44. The van der Waals surface area contributed by atoms with Crippen LogP contribution in [0.5, 0.6) is 0 Å². The first kappa shape index (κ1) is 24.0. The van der Waals surface area contributed by atoms with Gasteiger partial charge in [0.1, 0.15) is 0 Å². The van der Waals surface area contributed by atoms with Crippen molar-refractivity contribution in [1.82, 2.24) is 15.8 Å². The van der Waals surface area contributed by atoms with E-state index in [1.54, 1.807) is 74.5 Å². The summed E-state index contributed by atoms with van der Waals surface area (Å²) in [6.07, 6.45) is 0. The highest BCUT2D eigenvalue weighted by atomic mass is 16.5. The molecule has 0 aliphatic rings. The Morgan fingerprint density at radius 3 is 1.50 bits per heavy atom. The number of rotatable bonds is 7. The minimum absolute atomic E-state index is 0.218. The van der Waals surface area contributed by atoms with Crippen LogP contribution in [0.1, 0.15) is 56.3 Å². The third-order valence-corrected chi connectivity index (χ3v) is 4.71. The summed E-state index contributed by atoms with van der Waals surface area (Å²) >= 11 is 0. The van der Waals surface area contributed by atoms with Crippen LogP contribution in [0.4, 0.5) is 0 Å². The second-order valence-corrected chi connectivity index (χ2v) is 7.13. The first-order chi connectivity index (χ1) is 16.4. The lowest BCUT2D eigenvalue weighted by molar-refractivity contribution is 0.0600. The highest BCUT2D eigenvalue weighted by Crippen LogP contribution is 2.11. The number of nitrogens with one attached hydrogen (secondary N) is 2. The first-order valence-electron chi connectivity index (χ1n) is 10.3. The number of carbonyl (C=O) groups is 3. The van der Waals surface area contributed by atoms with Gasteiger partial charge < -0.3 is 4.74 Å². The third kappa shape index (κ3) is 6.19. The molecule has 2 amide bonds. The van der Waals surface area contributed by atoms with Crippen LogP contribution in [-0.4, -0.2) is 41.3 Å². The molecule has 0 fully saturated rings. The van der Waals surface area contributed by atoms with Crippen molar-refractivity contribution in [3.8, 4) is 0 Å². The molecule has 3 rings (SSSR count). The van der Waals surface area contributed by atoms with E-state index in [0.717, 1.165) is 0 Å². The van der Waals surface area contributed by atoms with Gasteiger partial charge >= 0.3 is 5.97 Å². The lowest BCUT2D eigenvalue weighted by Gasteiger charge is -2.09. The molecule has 0 saturated heterocycles. The fourth-order valence-electron chi connectivity index (χ4n) is 2.83. The summed E-state index contributed by atoms with van der Waals surface area (Å²) in [6.45, 7) is 3.28. The zero-order chi connectivity index (χ0) is 24.5. The number of amides is 2. The molecule has 2 aromatic carbocycles. The molecule has 1 aromatic heterocycles. The first-order valence-corrected chi connectivity index (χ1v) is 10.3. The van der Waals surface area contributed by atoms with Gasteiger partial charge in [-0.15, -0.1) is 0 Å². The maximum Gasteiger partial charge on any atom is 0.338 e. The molecule has 0 saturated carbocycles. The number of hydrazone groups is 2. The van der Waals surface area contributed by atoms with Gasteiger partial charge in [0.15, 0.2) is 0 Å². The molecule has 3 aromatic rings. The van der Waals surface area contributed by atoms with E-state index in [9.17, 15) is 14.4 Å². The minimum Gasteiger partial charge on any atom is -0.465 e. The number of methoxy groups -OCH3 is 1. The summed E-state index contributed by atoms with van der Waals surface area (Å²) in [7, 11) is 1.27. The molecular formula is C25H23N5O4. The van der Waals surface area contributed by atoms with Crippen LogP contribution in [-0.2, 0) is 4.74 Å². The second-order valence-electron chi connectivity index (χ2n) is 7.13. The quantitative estimate of drug-likeness (QED) is 0.321. The van der Waals surface area contributed by atoms with Gasteiger partial charge in [-0.05, 0) is 50.2 Å². The number of carbonyl (C=O) groups excluding carboxylic acids is 3. The monoisotopic (exact) mass is 457 g/mol. The van der Waals surface area contributed by atoms with Gasteiger partial charge in [0.25, 0.3) is 11.8 Å². The summed E-state index contributed by atoms with van der Waals surface area (Å²) in [6, 6.07) is 20.3. The van der Waals surface area contributed by atoms with Crippen molar-refractivity contribution < 1.29 is 19.1 Å². The van der Waals surface area contributed by atoms with Crippen molar-refractivity contribution in [3.05, 3.63) is 101 Å².